The average Bonchev–Trinajstić information content (AvgIpc) is 2.56. The van der Waals surface area contributed by atoms with E-state index < -0.39 is 0 Å². The third kappa shape index (κ3) is 1.93. The summed E-state index contributed by atoms with van der Waals surface area (Å²) in [7, 11) is 0. The van der Waals surface area contributed by atoms with E-state index in [-0.39, 0.29) is 31.0 Å². The van der Waals surface area contributed by atoms with Crippen molar-refractivity contribution in [1.82, 2.24) is 5.32 Å². The minimum absolute atomic E-state index is 0. The summed E-state index contributed by atoms with van der Waals surface area (Å²) < 4.78 is 0. The molecule has 2 saturated carbocycles. The van der Waals surface area contributed by atoms with Gasteiger partial charge in [0.25, 0.3) is 0 Å². The summed E-state index contributed by atoms with van der Waals surface area (Å²) in [6.07, 6.45) is 12.0. The maximum Gasteiger partial charge on any atom is 1.00 e. The second kappa shape index (κ2) is 4.86. The summed E-state index contributed by atoms with van der Waals surface area (Å²) in [6.45, 7) is 0. The van der Waals surface area contributed by atoms with Crippen LogP contribution in [0.1, 0.15) is 52.8 Å². The molecule has 0 aromatic rings. The third-order valence-corrected chi connectivity index (χ3v) is 4.62. The third-order valence-electron chi connectivity index (χ3n) is 4.62. The zero-order chi connectivity index (χ0) is 8.67. The normalized spacial score (nSPS) is 46.3. The van der Waals surface area contributed by atoms with E-state index in [1.165, 1.54) is 51.4 Å². The smallest absolute Gasteiger partial charge is 1.00 e. The molecule has 1 aliphatic heterocycles. The van der Waals surface area contributed by atoms with Gasteiger partial charge < -0.3 is 6.74 Å². The van der Waals surface area contributed by atoms with Gasteiger partial charge in [-0.15, -0.1) is 0 Å². The number of hydrogen-bond acceptors (Lipinski definition) is 1. The molecule has 3 rings (SSSR count). The zero-order valence-corrected chi connectivity index (χ0v) is 11.5. The molecule has 0 spiro atoms. The molecule has 76 valence electrons. The topological polar surface area (TPSA) is 12.0 Å². The van der Waals surface area contributed by atoms with Crippen molar-refractivity contribution >= 4 is 0 Å². The van der Waals surface area contributed by atoms with Crippen LogP contribution >= 0.6 is 0 Å². The first-order chi connectivity index (χ1) is 6.45. The largest absolute Gasteiger partial charge is 1.00 e. The molecule has 3 fully saturated rings. The summed E-state index contributed by atoms with van der Waals surface area (Å²) in [6, 6.07) is 1.84. The van der Waals surface area contributed by atoms with Gasteiger partial charge in [0.2, 0.25) is 0 Å². The van der Waals surface area contributed by atoms with Crippen LogP contribution in [0.15, 0.2) is 0 Å². The first-order valence-electron chi connectivity index (χ1n) is 6.21. The molecule has 1 nitrogen and oxygen atoms in total. The van der Waals surface area contributed by atoms with Crippen LogP contribution in [0.3, 0.4) is 0 Å². The van der Waals surface area contributed by atoms with Crippen LogP contribution in [-0.4, -0.2) is 12.1 Å². The Balaban J connectivity index is 0.000000562. The fraction of sp³-hybridized carbons (Fsp3) is 1.00. The molecular weight excluding hydrogens is 181 g/mol. The molecule has 4 atom stereocenters. The van der Waals surface area contributed by atoms with Crippen LogP contribution in [0, 0.1) is 11.8 Å². The minimum atomic E-state index is 0. The van der Waals surface area contributed by atoms with E-state index in [2.05, 4.69) is 5.32 Å². The Morgan fingerprint density at radius 3 is 1.64 bits per heavy atom. The molecule has 1 N–H and O–H groups in total. The second-order valence-corrected chi connectivity index (χ2v) is 5.28. The Morgan fingerprint density at radius 2 is 1.14 bits per heavy atom. The summed E-state index contributed by atoms with van der Waals surface area (Å²) in [4.78, 5) is 0. The van der Waals surface area contributed by atoms with Crippen LogP contribution in [0.25, 0.3) is 0 Å². The molecule has 0 aromatic heterocycles. The standard InChI is InChI=1S/C12H21N.Na.H/c1-3-7-11-9(5-1)10-6-2-4-8-12(10)13-11;;/h9-13H,1-8H2;;/q;+1;-1. The van der Waals surface area contributed by atoms with Gasteiger partial charge in [-0.2, -0.15) is 0 Å². The van der Waals surface area contributed by atoms with Crippen molar-refractivity contribution < 1.29 is 31.0 Å². The molecule has 2 heteroatoms. The van der Waals surface area contributed by atoms with Crippen molar-refractivity contribution in [3.8, 4) is 0 Å². The van der Waals surface area contributed by atoms with Gasteiger partial charge in [-0.1, -0.05) is 25.7 Å². The average molecular weight is 203 g/mol. The summed E-state index contributed by atoms with van der Waals surface area (Å²) >= 11 is 0. The first kappa shape index (κ1) is 11.4. The Hall–Kier alpha value is 0.960. The van der Waals surface area contributed by atoms with E-state index in [1.807, 2.05) is 0 Å². The van der Waals surface area contributed by atoms with Gasteiger partial charge in [0, 0.05) is 12.1 Å². The number of rotatable bonds is 0. The molecule has 4 unspecified atom stereocenters. The van der Waals surface area contributed by atoms with Crippen molar-refractivity contribution in [2.24, 2.45) is 11.8 Å². The minimum Gasteiger partial charge on any atom is -1.00 e. The van der Waals surface area contributed by atoms with Crippen molar-refractivity contribution in [3.05, 3.63) is 0 Å². The first-order valence-corrected chi connectivity index (χ1v) is 6.21. The van der Waals surface area contributed by atoms with Crippen molar-refractivity contribution in [2.75, 3.05) is 0 Å². The predicted molar refractivity (Wildman–Crippen MR) is 55.7 cm³/mol. The predicted octanol–water partition coefficient (Wildman–Crippen LogP) is -0.176. The Morgan fingerprint density at radius 1 is 0.714 bits per heavy atom. The molecule has 14 heavy (non-hydrogen) atoms. The maximum absolute atomic E-state index is 3.89. The second-order valence-electron chi connectivity index (χ2n) is 5.28. The molecule has 2 aliphatic carbocycles. The summed E-state index contributed by atoms with van der Waals surface area (Å²) in [5, 5.41) is 3.89. The monoisotopic (exact) mass is 203 g/mol. The van der Waals surface area contributed by atoms with Gasteiger partial charge in [-0.05, 0) is 37.5 Å². The van der Waals surface area contributed by atoms with Gasteiger partial charge >= 0.3 is 29.6 Å². The quantitative estimate of drug-likeness (QED) is 0.539. The summed E-state index contributed by atoms with van der Waals surface area (Å²) in [5.41, 5.74) is 0. The SMILES string of the molecule is C1CCC2C(C1)NC1CCCCC12.[H-].[Na+]. The Labute approximate surface area is 111 Å². The fourth-order valence-corrected chi connectivity index (χ4v) is 4.03. The van der Waals surface area contributed by atoms with Gasteiger partial charge in [-0.25, -0.2) is 0 Å². The van der Waals surface area contributed by atoms with Crippen LogP contribution in [0.4, 0.5) is 0 Å². The van der Waals surface area contributed by atoms with Crippen molar-refractivity contribution in [1.29, 1.82) is 0 Å². The number of nitrogens with one attached hydrogen (secondary N) is 1. The van der Waals surface area contributed by atoms with E-state index >= 15 is 0 Å². The fourth-order valence-electron chi connectivity index (χ4n) is 4.03. The molecule has 1 heterocycles. The van der Waals surface area contributed by atoms with Crippen LogP contribution < -0.4 is 34.9 Å². The van der Waals surface area contributed by atoms with E-state index in [4.69, 9.17) is 0 Å². The molecule has 0 bridgehead atoms. The maximum atomic E-state index is 3.89. The molecule has 3 aliphatic rings. The van der Waals surface area contributed by atoms with Gasteiger partial charge in [0.1, 0.15) is 0 Å². The summed E-state index contributed by atoms with van der Waals surface area (Å²) in [5.74, 6) is 2.14. The Bertz CT molecular complexity index is 180. The molecule has 0 amide bonds. The van der Waals surface area contributed by atoms with E-state index in [0.29, 0.717) is 0 Å². The van der Waals surface area contributed by atoms with E-state index in [9.17, 15) is 0 Å². The number of fused-ring (bicyclic) bond motifs is 3. The van der Waals surface area contributed by atoms with Gasteiger partial charge in [0.15, 0.2) is 0 Å². The van der Waals surface area contributed by atoms with Crippen molar-refractivity contribution in [2.45, 2.75) is 63.5 Å². The Kier molecular flexibility index (Phi) is 3.98. The molecule has 1 saturated heterocycles. The molecular formula is C12H22NNa. The van der Waals surface area contributed by atoms with Crippen LogP contribution in [0.5, 0.6) is 0 Å². The van der Waals surface area contributed by atoms with Crippen LogP contribution in [0.2, 0.25) is 0 Å². The van der Waals surface area contributed by atoms with E-state index in [1.54, 1.807) is 0 Å². The zero-order valence-electron chi connectivity index (χ0n) is 10.5. The number of hydrogen-bond donors (Lipinski definition) is 1. The molecule has 0 aromatic carbocycles. The van der Waals surface area contributed by atoms with Crippen molar-refractivity contribution in [3.63, 3.8) is 0 Å². The van der Waals surface area contributed by atoms with Gasteiger partial charge in [0.05, 0.1) is 0 Å². The van der Waals surface area contributed by atoms with E-state index in [0.717, 1.165) is 23.9 Å². The van der Waals surface area contributed by atoms with Gasteiger partial charge in [-0.3, -0.25) is 0 Å². The molecule has 0 radical (unpaired) electrons. The van der Waals surface area contributed by atoms with Crippen LogP contribution in [-0.2, 0) is 0 Å².